The molecule has 2 rings (SSSR count). The first-order valence-electron chi connectivity index (χ1n) is 6.16. The zero-order chi connectivity index (χ0) is 12.8. The number of esters is 1. The summed E-state index contributed by atoms with van der Waals surface area (Å²) in [6, 6.07) is 1.85. The molecule has 0 unspecified atom stereocenters. The summed E-state index contributed by atoms with van der Waals surface area (Å²) in [7, 11) is 1.39. The molecule has 0 radical (unpaired) electrons. The van der Waals surface area contributed by atoms with Crippen LogP contribution in [0.1, 0.15) is 23.2 Å². The van der Waals surface area contributed by atoms with E-state index in [4.69, 9.17) is 0 Å². The average molecular weight is 266 g/mol. The van der Waals surface area contributed by atoms with E-state index in [0.29, 0.717) is 5.56 Å². The van der Waals surface area contributed by atoms with Gasteiger partial charge in [-0.25, -0.2) is 4.79 Å². The van der Waals surface area contributed by atoms with Crippen LogP contribution in [0.4, 0.5) is 0 Å². The molecule has 98 valence electrons. The lowest BCUT2D eigenvalue weighted by Crippen LogP contribution is -2.28. The number of carbonyl (C=O) groups is 1. The number of nitrogens with one attached hydrogen (secondary N) is 1. The van der Waals surface area contributed by atoms with Gasteiger partial charge in [0.05, 0.1) is 12.7 Å². The molecule has 1 saturated heterocycles. The molecule has 0 atom stereocenters. The first kappa shape index (κ1) is 13.4. The van der Waals surface area contributed by atoms with Gasteiger partial charge in [0, 0.05) is 23.0 Å². The van der Waals surface area contributed by atoms with E-state index in [-0.39, 0.29) is 5.97 Å². The maximum atomic E-state index is 11.4. The Morgan fingerprint density at radius 2 is 2.28 bits per heavy atom. The van der Waals surface area contributed by atoms with E-state index in [9.17, 15) is 4.79 Å². The Kier molecular flexibility index (Phi) is 5.01. The topological polar surface area (TPSA) is 51.2 Å². The Balaban J connectivity index is 1.90. The fourth-order valence-corrected chi connectivity index (χ4v) is 3.10. The summed E-state index contributed by atoms with van der Waals surface area (Å²) in [6.45, 7) is 2.23. The van der Waals surface area contributed by atoms with Crippen LogP contribution in [0.25, 0.3) is 0 Å². The quantitative estimate of drug-likeness (QED) is 0.667. The molecule has 1 fully saturated rings. The lowest BCUT2D eigenvalue weighted by Gasteiger charge is -2.21. The molecule has 4 nitrogen and oxygen atoms in total. The number of methoxy groups -OCH3 is 1. The van der Waals surface area contributed by atoms with Crippen LogP contribution in [-0.4, -0.2) is 36.9 Å². The van der Waals surface area contributed by atoms with Crippen molar-refractivity contribution >= 4 is 17.7 Å². The van der Waals surface area contributed by atoms with Gasteiger partial charge in [-0.2, -0.15) is 0 Å². The number of nitrogens with zero attached hydrogens (tertiary/aromatic N) is 1. The second-order valence-electron chi connectivity index (χ2n) is 4.41. The first-order valence-corrected chi connectivity index (χ1v) is 7.15. The van der Waals surface area contributed by atoms with Crippen LogP contribution >= 0.6 is 11.8 Å². The molecule has 1 aromatic heterocycles. The van der Waals surface area contributed by atoms with E-state index in [1.54, 1.807) is 24.2 Å². The maximum absolute atomic E-state index is 11.4. The zero-order valence-electron chi connectivity index (χ0n) is 10.5. The SMILES string of the molecule is COC(=O)c1cncc(SCC2CCNCC2)c1. The minimum Gasteiger partial charge on any atom is -0.465 e. The van der Waals surface area contributed by atoms with Crippen LogP contribution in [0.5, 0.6) is 0 Å². The molecule has 1 aromatic rings. The van der Waals surface area contributed by atoms with Crippen molar-refractivity contribution in [3.8, 4) is 0 Å². The van der Waals surface area contributed by atoms with Gasteiger partial charge in [0.2, 0.25) is 0 Å². The standard InChI is InChI=1S/C13H18N2O2S/c1-17-13(16)11-6-12(8-15-7-11)18-9-10-2-4-14-5-3-10/h6-8,10,14H,2-5,9H2,1H3. The summed E-state index contributed by atoms with van der Waals surface area (Å²) < 4.78 is 4.69. The molecule has 2 heterocycles. The van der Waals surface area contributed by atoms with E-state index in [2.05, 4.69) is 15.0 Å². The third kappa shape index (κ3) is 3.71. The van der Waals surface area contributed by atoms with Gasteiger partial charge >= 0.3 is 5.97 Å². The van der Waals surface area contributed by atoms with Gasteiger partial charge < -0.3 is 10.1 Å². The first-order chi connectivity index (χ1) is 8.79. The Labute approximate surface area is 112 Å². The van der Waals surface area contributed by atoms with Gasteiger partial charge in [-0.05, 0) is 37.9 Å². The van der Waals surface area contributed by atoms with E-state index in [1.165, 1.54) is 20.0 Å². The van der Waals surface area contributed by atoms with Crippen molar-refractivity contribution in [2.24, 2.45) is 5.92 Å². The third-order valence-corrected chi connectivity index (χ3v) is 4.27. The molecule has 0 bridgehead atoms. The van der Waals surface area contributed by atoms with E-state index in [1.807, 2.05) is 6.07 Å². The van der Waals surface area contributed by atoms with Crippen molar-refractivity contribution in [2.75, 3.05) is 26.0 Å². The fraction of sp³-hybridized carbons (Fsp3) is 0.538. The van der Waals surface area contributed by atoms with Crippen molar-refractivity contribution in [1.29, 1.82) is 0 Å². The van der Waals surface area contributed by atoms with Crippen molar-refractivity contribution in [2.45, 2.75) is 17.7 Å². The number of hydrogen-bond acceptors (Lipinski definition) is 5. The number of thioether (sulfide) groups is 1. The van der Waals surface area contributed by atoms with Gasteiger partial charge in [-0.1, -0.05) is 0 Å². The number of carbonyl (C=O) groups excluding carboxylic acids is 1. The van der Waals surface area contributed by atoms with E-state index >= 15 is 0 Å². The lowest BCUT2D eigenvalue weighted by atomic mass is 10.0. The molecule has 5 heteroatoms. The predicted octanol–water partition coefficient (Wildman–Crippen LogP) is 1.96. The molecule has 1 aliphatic heterocycles. The van der Waals surface area contributed by atoms with Crippen LogP contribution in [0.2, 0.25) is 0 Å². The Hall–Kier alpha value is -1.07. The molecule has 1 N–H and O–H groups in total. The molecular weight excluding hydrogens is 248 g/mol. The van der Waals surface area contributed by atoms with Crippen LogP contribution in [0, 0.1) is 5.92 Å². The Morgan fingerprint density at radius 1 is 1.50 bits per heavy atom. The monoisotopic (exact) mass is 266 g/mol. The number of rotatable bonds is 4. The largest absolute Gasteiger partial charge is 0.465 e. The minimum atomic E-state index is -0.327. The zero-order valence-corrected chi connectivity index (χ0v) is 11.3. The molecule has 0 aliphatic carbocycles. The molecular formula is C13H18N2O2S. The molecule has 1 aliphatic rings. The van der Waals surface area contributed by atoms with Gasteiger partial charge in [0.25, 0.3) is 0 Å². The highest BCUT2D eigenvalue weighted by molar-refractivity contribution is 7.99. The number of hydrogen-bond donors (Lipinski definition) is 1. The minimum absolute atomic E-state index is 0.327. The summed E-state index contributed by atoms with van der Waals surface area (Å²) in [5.74, 6) is 1.53. The highest BCUT2D eigenvalue weighted by Gasteiger charge is 2.14. The summed E-state index contributed by atoms with van der Waals surface area (Å²) in [4.78, 5) is 16.5. The summed E-state index contributed by atoms with van der Waals surface area (Å²) in [5, 5.41) is 3.36. The molecule has 0 aromatic carbocycles. The highest BCUT2D eigenvalue weighted by Crippen LogP contribution is 2.24. The lowest BCUT2D eigenvalue weighted by molar-refractivity contribution is 0.0600. The van der Waals surface area contributed by atoms with Gasteiger partial charge in [-0.15, -0.1) is 11.8 Å². The highest BCUT2D eigenvalue weighted by atomic mass is 32.2. The smallest absolute Gasteiger partial charge is 0.339 e. The van der Waals surface area contributed by atoms with Crippen molar-refractivity contribution in [1.82, 2.24) is 10.3 Å². The van der Waals surface area contributed by atoms with Crippen LogP contribution in [0.3, 0.4) is 0 Å². The summed E-state index contributed by atoms with van der Waals surface area (Å²) in [6.07, 6.45) is 5.81. The number of pyridine rings is 1. The van der Waals surface area contributed by atoms with Crippen molar-refractivity contribution < 1.29 is 9.53 Å². The fourth-order valence-electron chi connectivity index (χ4n) is 1.99. The number of aromatic nitrogens is 1. The average Bonchev–Trinajstić information content (AvgIpc) is 2.45. The van der Waals surface area contributed by atoms with Gasteiger partial charge in [0.1, 0.15) is 0 Å². The van der Waals surface area contributed by atoms with Gasteiger partial charge in [0.15, 0.2) is 0 Å². The van der Waals surface area contributed by atoms with Crippen LogP contribution in [-0.2, 0) is 4.74 Å². The summed E-state index contributed by atoms with van der Waals surface area (Å²) >= 11 is 1.77. The normalized spacial score (nSPS) is 16.5. The predicted molar refractivity (Wildman–Crippen MR) is 71.9 cm³/mol. The Bertz CT molecular complexity index is 406. The van der Waals surface area contributed by atoms with Crippen molar-refractivity contribution in [3.63, 3.8) is 0 Å². The maximum Gasteiger partial charge on any atom is 0.339 e. The molecule has 0 spiro atoms. The third-order valence-electron chi connectivity index (χ3n) is 3.08. The second-order valence-corrected chi connectivity index (χ2v) is 5.50. The second kappa shape index (κ2) is 6.75. The summed E-state index contributed by atoms with van der Waals surface area (Å²) in [5.41, 5.74) is 0.521. The van der Waals surface area contributed by atoms with Gasteiger partial charge in [-0.3, -0.25) is 4.98 Å². The van der Waals surface area contributed by atoms with E-state index in [0.717, 1.165) is 29.7 Å². The molecule has 0 amide bonds. The van der Waals surface area contributed by atoms with Crippen LogP contribution < -0.4 is 5.32 Å². The Morgan fingerprint density at radius 3 is 3.00 bits per heavy atom. The molecule has 0 saturated carbocycles. The molecule has 18 heavy (non-hydrogen) atoms. The van der Waals surface area contributed by atoms with Crippen molar-refractivity contribution in [3.05, 3.63) is 24.0 Å². The number of piperidine rings is 1. The van der Waals surface area contributed by atoms with Crippen LogP contribution in [0.15, 0.2) is 23.4 Å². The number of ether oxygens (including phenoxy) is 1. The van der Waals surface area contributed by atoms with E-state index < -0.39 is 0 Å².